The van der Waals surface area contributed by atoms with Gasteiger partial charge in [-0.05, 0) is 24.8 Å². The van der Waals surface area contributed by atoms with Crippen LogP contribution in [0.25, 0.3) is 0 Å². The Bertz CT molecular complexity index is 706. The maximum atomic E-state index is 12.4. The first-order chi connectivity index (χ1) is 12.0. The Morgan fingerprint density at radius 2 is 2.00 bits per heavy atom. The Morgan fingerprint density at radius 3 is 2.64 bits per heavy atom. The number of hydrogen-bond acceptors (Lipinski definition) is 5. The van der Waals surface area contributed by atoms with E-state index in [1.165, 1.54) is 4.88 Å². The van der Waals surface area contributed by atoms with Gasteiger partial charge in [-0.25, -0.2) is 9.97 Å². The molecule has 2 aromatic heterocycles. The summed E-state index contributed by atoms with van der Waals surface area (Å²) >= 11 is 1.72. The van der Waals surface area contributed by atoms with Gasteiger partial charge < -0.3 is 9.80 Å². The number of aromatic nitrogens is 2. The predicted octanol–water partition coefficient (Wildman–Crippen LogP) is 3.25. The number of hydrogen-bond donors (Lipinski definition) is 0. The van der Waals surface area contributed by atoms with Crippen LogP contribution in [0.4, 0.5) is 5.82 Å². The minimum Gasteiger partial charge on any atom is -0.353 e. The molecule has 0 aromatic carbocycles. The van der Waals surface area contributed by atoms with E-state index in [1.54, 1.807) is 11.3 Å². The van der Waals surface area contributed by atoms with Crippen LogP contribution in [0, 0.1) is 6.92 Å². The molecular weight excluding hydrogens is 332 g/mol. The van der Waals surface area contributed by atoms with Gasteiger partial charge in [0.2, 0.25) is 5.91 Å². The van der Waals surface area contributed by atoms with Crippen molar-refractivity contribution >= 4 is 23.1 Å². The third-order valence-corrected chi connectivity index (χ3v) is 5.43. The molecule has 5 nitrogen and oxygen atoms in total. The fraction of sp³-hybridized carbons (Fsp3) is 0.526. The maximum Gasteiger partial charge on any atom is 0.223 e. The topological polar surface area (TPSA) is 49.3 Å². The van der Waals surface area contributed by atoms with E-state index in [9.17, 15) is 4.79 Å². The standard InChI is InChI=1S/C19H26N4OS/c1-14(2)19-20-15(3)13-17(21-19)22-8-10-23(11-9-22)18(24)7-6-16-5-4-12-25-16/h4-5,12-14H,6-11H2,1-3H3. The minimum atomic E-state index is 0.259. The zero-order valence-electron chi connectivity index (χ0n) is 15.2. The smallest absolute Gasteiger partial charge is 0.223 e. The predicted molar refractivity (Wildman–Crippen MR) is 102 cm³/mol. The molecule has 3 heterocycles. The second kappa shape index (κ2) is 7.95. The van der Waals surface area contributed by atoms with Crippen LogP contribution in [-0.2, 0) is 11.2 Å². The number of nitrogens with zero attached hydrogens (tertiary/aromatic N) is 4. The summed E-state index contributed by atoms with van der Waals surface area (Å²) in [6.07, 6.45) is 1.45. The van der Waals surface area contributed by atoms with Crippen molar-refractivity contribution in [1.29, 1.82) is 0 Å². The van der Waals surface area contributed by atoms with Crippen molar-refractivity contribution in [2.75, 3.05) is 31.1 Å². The average Bonchev–Trinajstić information content (AvgIpc) is 3.13. The van der Waals surface area contributed by atoms with E-state index in [0.29, 0.717) is 12.3 Å². The van der Waals surface area contributed by atoms with Gasteiger partial charge in [0, 0.05) is 55.2 Å². The molecule has 0 saturated carbocycles. The van der Waals surface area contributed by atoms with Crippen LogP contribution in [-0.4, -0.2) is 47.0 Å². The molecule has 0 bridgehead atoms. The van der Waals surface area contributed by atoms with Crippen LogP contribution in [0.3, 0.4) is 0 Å². The first-order valence-electron chi connectivity index (χ1n) is 8.93. The molecule has 134 valence electrons. The SMILES string of the molecule is Cc1cc(N2CCN(C(=O)CCc3cccs3)CC2)nc(C(C)C)n1. The van der Waals surface area contributed by atoms with Crippen molar-refractivity contribution in [2.24, 2.45) is 0 Å². The summed E-state index contributed by atoms with van der Waals surface area (Å²) in [4.78, 5) is 27.2. The van der Waals surface area contributed by atoms with Gasteiger partial charge in [-0.15, -0.1) is 11.3 Å². The van der Waals surface area contributed by atoms with Gasteiger partial charge in [-0.2, -0.15) is 0 Å². The maximum absolute atomic E-state index is 12.4. The number of anilines is 1. The third-order valence-electron chi connectivity index (χ3n) is 4.50. The number of carbonyl (C=O) groups is 1. The summed E-state index contributed by atoms with van der Waals surface area (Å²) in [5, 5.41) is 2.06. The number of aryl methyl sites for hydroxylation is 2. The Labute approximate surface area is 153 Å². The highest BCUT2D eigenvalue weighted by atomic mass is 32.1. The zero-order valence-corrected chi connectivity index (χ0v) is 16.1. The fourth-order valence-corrected chi connectivity index (χ4v) is 3.73. The number of rotatable bonds is 5. The summed E-state index contributed by atoms with van der Waals surface area (Å²) in [5.74, 6) is 2.46. The lowest BCUT2D eigenvalue weighted by molar-refractivity contribution is -0.131. The second-order valence-electron chi connectivity index (χ2n) is 6.83. The van der Waals surface area contributed by atoms with E-state index in [-0.39, 0.29) is 5.91 Å². The van der Waals surface area contributed by atoms with E-state index < -0.39 is 0 Å². The van der Waals surface area contributed by atoms with Gasteiger partial charge in [0.25, 0.3) is 0 Å². The molecule has 1 saturated heterocycles. The number of carbonyl (C=O) groups excluding carboxylic acids is 1. The summed E-state index contributed by atoms with van der Waals surface area (Å²) < 4.78 is 0. The van der Waals surface area contributed by atoms with Crippen molar-refractivity contribution in [3.05, 3.63) is 40.0 Å². The molecule has 6 heteroatoms. The van der Waals surface area contributed by atoms with E-state index in [0.717, 1.165) is 49.9 Å². The van der Waals surface area contributed by atoms with Crippen molar-refractivity contribution in [1.82, 2.24) is 14.9 Å². The van der Waals surface area contributed by atoms with E-state index in [4.69, 9.17) is 4.98 Å². The molecule has 0 aliphatic carbocycles. The molecular formula is C19H26N4OS. The van der Waals surface area contributed by atoms with Gasteiger partial charge >= 0.3 is 0 Å². The number of piperazine rings is 1. The molecule has 0 radical (unpaired) electrons. The van der Waals surface area contributed by atoms with Crippen LogP contribution < -0.4 is 4.90 Å². The quantitative estimate of drug-likeness (QED) is 0.823. The van der Waals surface area contributed by atoms with Gasteiger partial charge in [-0.1, -0.05) is 19.9 Å². The van der Waals surface area contributed by atoms with Crippen molar-refractivity contribution in [2.45, 2.75) is 39.5 Å². The first-order valence-corrected chi connectivity index (χ1v) is 9.81. The lowest BCUT2D eigenvalue weighted by Crippen LogP contribution is -2.49. The molecule has 1 aliphatic rings. The molecule has 25 heavy (non-hydrogen) atoms. The Balaban J connectivity index is 1.55. The highest BCUT2D eigenvalue weighted by molar-refractivity contribution is 7.09. The zero-order chi connectivity index (χ0) is 17.8. The molecule has 1 amide bonds. The molecule has 1 aliphatic heterocycles. The fourth-order valence-electron chi connectivity index (χ4n) is 3.02. The third kappa shape index (κ3) is 4.57. The van der Waals surface area contributed by atoms with Crippen molar-refractivity contribution < 1.29 is 4.79 Å². The minimum absolute atomic E-state index is 0.259. The normalized spacial score (nSPS) is 15.0. The lowest BCUT2D eigenvalue weighted by Gasteiger charge is -2.35. The average molecular weight is 359 g/mol. The molecule has 0 unspecified atom stereocenters. The van der Waals surface area contributed by atoms with Crippen LogP contribution >= 0.6 is 11.3 Å². The second-order valence-corrected chi connectivity index (χ2v) is 7.86. The van der Waals surface area contributed by atoms with Crippen LogP contribution in [0.5, 0.6) is 0 Å². The number of thiophene rings is 1. The van der Waals surface area contributed by atoms with Gasteiger partial charge in [0.15, 0.2) is 0 Å². The van der Waals surface area contributed by atoms with Crippen molar-refractivity contribution in [3.8, 4) is 0 Å². The Hall–Kier alpha value is -1.95. The molecule has 2 aromatic rings. The molecule has 0 N–H and O–H groups in total. The largest absolute Gasteiger partial charge is 0.353 e. The monoisotopic (exact) mass is 358 g/mol. The van der Waals surface area contributed by atoms with Crippen LogP contribution in [0.15, 0.2) is 23.6 Å². The molecule has 1 fully saturated rings. The van der Waals surface area contributed by atoms with E-state index in [2.05, 4.69) is 35.2 Å². The summed E-state index contributed by atoms with van der Waals surface area (Å²) in [5.41, 5.74) is 1.00. The summed E-state index contributed by atoms with van der Waals surface area (Å²) in [6, 6.07) is 6.18. The van der Waals surface area contributed by atoms with E-state index >= 15 is 0 Å². The van der Waals surface area contributed by atoms with E-state index in [1.807, 2.05) is 24.0 Å². The molecule has 0 spiro atoms. The van der Waals surface area contributed by atoms with Crippen molar-refractivity contribution in [3.63, 3.8) is 0 Å². The lowest BCUT2D eigenvalue weighted by atomic mass is 10.2. The highest BCUT2D eigenvalue weighted by Crippen LogP contribution is 2.19. The molecule has 3 rings (SSSR count). The van der Waals surface area contributed by atoms with Gasteiger partial charge in [-0.3, -0.25) is 4.79 Å². The van der Waals surface area contributed by atoms with Crippen LogP contribution in [0.1, 0.15) is 42.6 Å². The molecule has 0 atom stereocenters. The van der Waals surface area contributed by atoms with Gasteiger partial charge in [0.1, 0.15) is 11.6 Å². The highest BCUT2D eigenvalue weighted by Gasteiger charge is 2.22. The first kappa shape index (κ1) is 17.9. The summed E-state index contributed by atoms with van der Waals surface area (Å²) in [6.45, 7) is 9.44. The number of amides is 1. The Morgan fingerprint density at radius 1 is 1.24 bits per heavy atom. The Kier molecular flexibility index (Phi) is 5.68. The van der Waals surface area contributed by atoms with Crippen LogP contribution in [0.2, 0.25) is 0 Å². The summed E-state index contributed by atoms with van der Waals surface area (Å²) in [7, 11) is 0. The van der Waals surface area contributed by atoms with Gasteiger partial charge in [0.05, 0.1) is 0 Å².